The molecule has 4 rings (SSSR count). The molecular formula is C21H23N5O2. The van der Waals surface area contributed by atoms with Gasteiger partial charge >= 0.3 is 0 Å². The molecule has 0 saturated carbocycles. The molecule has 144 valence electrons. The first-order valence-electron chi connectivity index (χ1n) is 9.49. The molecule has 0 bridgehead atoms. The van der Waals surface area contributed by atoms with Gasteiger partial charge in [0.25, 0.3) is 5.91 Å². The van der Waals surface area contributed by atoms with E-state index in [4.69, 9.17) is 4.42 Å². The van der Waals surface area contributed by atoms with Crippen LogP contribution in [0, 0.1) is 6.92 Å². The molecule has 1 aliphatic rings. The van der Waals surface area contributed by atoms with Crippen molar-refractivity contribution in [1.29, 1.82) is 0 Å². The number of rotatable bonds is 5. The van der Waals surface area contributed by atoms with Gasteiger partial charge in [-0.05, 0) is 56.5 Å². The van der Waals surface area contributed by atoms with E-state index in [1.165, 1.54) is 31.8 Å². The maximum atomic E-state index is 12.1. The second-order valence-electron chi connectivity index (χ2n) is 6.91. The average molecular weight is 377 g/mol. The molecule has 3 aromatic rings. The average Bonchev–Trinajstić information content (AvgIpc) is 3.25. The van der Waals surface area contributed by atoms with E-state index in [0.29, 0.717) is 11.3 Å². The number of nitrogens with zero attached hydrogens (tertiary/aromatic N) is 3. The fourth-order valence-electron chi connectivity index (χ4n) is 3.23. The molecule has 0 radical (unpaired) electrons. The maximum Gasteiger partial charge on any atom is 0.258 e. The van der Waals surface area contributed by atoms with Crippen molar-refractivity contribution in [3.8, 4) is 0 Å². The molecular weight excluding hydrogens is 354 g/mol. The number of nitrogens with one attached hydrogen (secondary N) is 2. The second kappa shape index (κ2) is 8.12. The summed E-state index contributed by atoms with van der Waals surface area (Å²) >= 11 is 0. The van der Waals surface area contributed by atoms with Crippen LogP contribution < -0.4 is 15.5 Å². The number of aryl methyl sites for hydroxylation is 1. The van der Waals surface area contributed by atoms with E-state index in [1.54, 1.807) is 6.07 Å². The first kappa shape index (κ1) is 18.0. The van der Waals surface area contributed by atoms with Crippen molar-refractivity contribution >= 4 is 29.0 Å². The van der Waals surface area contributed by atoms with Crippen molar-refractivity contribution in [2.24, 2.45) is 0 Å². The van der Waals surface area contributed by atoms with Crippen molar-refractivity contribution in [2.75, 3.05) is 28.6 Å². The minimum atomic E-state index is -0.202. The molecule has 1 amide bonds. The van der Waals surface area contributed by atoms with Gasteiger partial charge in [-0.25, -0.2) is 4.98 Å². The van der Waals surface area contributed by atoms with Crippen LogP contribution in [0.4, 0.5) is 23.1 Å². The summed E-state index contributed by atoms with van der Waals surface area (Å²) in [7, 11) is 0. The highest BCUT2D eigenvalue weighted by molar-refractivity contribution is 6.04. The van der Waals surface area contributed by atoms with Gasteiger partial charge in [-0.1, -0.05) is 0 Å². The van der Waals surface area contributed by atoms with Crippen molar-refractivity contribution in [3.63, 3.8) is 0 Å². The number of piperidine rings is 1. The van der Waals surface area contributed by atoms with Crippen LogP contribution in [0.2, 0.25) is 0 Å². The summed E-state index contributed by atoms with van der Waals surface area (Å²) in [6, 6.07) is 11.1. The molecule has 3 heterocycles. The highest BCUT2D eigenvalue weighted by Gasteiger charge is 2.15. The van der Waals surface area contributed by atoms with E-state index in [9.17, 15) is 4.79 Å². The van der Waals surface area contributed by atoms with Gasteiger partial charge in [-0.2, -0.15) is 4.98 Å². The number of amides is 1. The van der Waals surface area contributed by atoms with E-state index in [0.717, 1.165) is 36.2 Å². The topological polar surface area (TPSA) is 83.3 Å². The number of anilines is 4. The summed E-state index contributed by atoms with van der Waals surface area (Å²) < 4.78 is 4.94. The molecule has 1 fully saturated rings. The number of hydrogen-bond donors (Lipinski definition) is 2. The first-order valence-corrected chi connectivity index (χ1v) is 9.49. The quantitative estimate of drug-likeness (QED) is 0.687. The van der Waals surface area contributed by atoms with Crippen LogP contribution in [0.25, 0.3) is 0 Å². The van der Waals surface area contributed by atoms with Crippen molar-refractivity contribution in [3.05, 3.63) is 60.2 Å². The van der Waals surface area contributed by atoms with Crippen LogP contribution in [-0.2, 0) is 0 Å². The summed E-state index contributed by atoms with van der Waals surface area (Å²) in [5.74, 6) is 1.35. The van der Waals surface area contributed by atoms with Gasteiger partial charge < -0.3 is 20.0 Å². The molecule has 0 spiro atoms. The lowest BCUT2D eigenvalue weighted by Crippen LogP contribution is -2.31. The second-order valence-corrected chi connectivity index (χ2v) is 6.91. The Kier molecular flexibility index (Phi) is 5.23. The van der Waals surface area contributed by atoms with E-state index in [1.807, 2.05) is 37.3 Å². The third-order valence-corrected chi connectivity index (χ3v) is 4.68. The van der Waals surface area contributed by atoms with Crippen molar-refractivity contribution < 1.29 is 9.21 Å². The van der Waals surface area contributed by atoms with Gasteiger partial charge in [0.2, 0.25) is 5.95 Å². The largest absolute Gasteiger partial charge is 0.472 e. The van der Waals surface area contributed by atoms with Gasteiger partial charge in [-0.15, -0.1) is 0 Å². The predicted octanol–water partition coefficient (Wildman–Crippen LogP) is 4.36. The Morgan fingerprint density at radius 3 is 2.50 bits per heavy atom. The standard InChI is InChI=1S/C21H23N5O2/c1-15-13-19(25-21(22-15)26-10-3-2-4-11-26)23-17-5-7-18(8-6-17)24-20(27)16-9-12-28-14-16/h5-9,12-14H,2-4,10-11H2,1H3,(H,24,27)(H,22,23,25). The van der Waals surface area contributed by atoms with Gasteiger partial charge in [0, 0.05) is 36.2 Å². The van der Waals surface area contributed by atoms with Crippen molar-refractivity contribution in [1.82, 2.24) is 9.97 Å². The number of benzene rings is 1. The maximum absolute atomic E-state index is 12.1. The zero-order valence-electron chi connectivity index (χ0n) is 15.8. The lowest BCUT2D eigenvalue weighted by Gasteiger charge is -2.27. The number of carbonyl (C=O) groups excluding carboxylic acids is 1. The van der Waals surface area contributed by atoms with E-state index < -0.39 is 0 Å². The SMILES string of the molecule is Cc1cc(Nc2ccc(NC(=O)c3ccoc3)cc2)nc(N2CCCCC2)n1. The van der Waals surface area contributed by atoms with Crippen LogP contribution in [0.3, 0.4) is 0 Å². The zero-order chi connectivity index (χ0) is 19.3. The monoisotopic (exact) mass is 377 g/mol. The minimum Gasteiger partial charge on any atom is -0.472 e. The summed E-state index contributed by atoms with van der Waals surface area (Å²) in [5.41, 5.74) is 3.03. The molecule has 1 saturated heterocycles. The van der Waals surface area contributed by atoms with Crippen LogP contribution in [0.15, 0.2) is 53.3 Å². The Morgan fingerprint density at radius 1 is 1.04 bits per heavy atom. The van der Waals surface area contributed by atoms with Gasteiger partial charge in [-0.3, -0.25) is 4.79 Å². The van der Waals surface area contributed by atoms with Crippen LogP contribution in [0.5, 0.6) is 0 Å². The smallest absolute Gasteiger partial charge is 0.258 e. The van der Waals surface area contributed by atoms with Gasteiger partial charge in [0.05, 0.1) is 11.8 Å². The highest BCUT2D eigenvalue weighted by atomic mass is 16.3. The van der Waals surface area contributed by atoms with Gasteiger partial charge in [0.15, 0.2) is 0 Å². The van der Waals surface area contributed by atoms with E-state index in [2.05, 4.69) is 25.5 Å². The van der Waals surface area contributed by atoms with Crippen LogP contribution in [0.1, 0.15) is 35.3 Å². The molecule has 7 nitrogen and oxygen atoms in total. The fourth-order valence-corrected chi connectivity index (χ4v) is 3.23. The van der Waals surface area contributed by atoms with E-state index in [-0.39, 0.29) is 5.91 Å². The Labute approximate surface area is 163 Å². The number of hydrogen-bond acceptors (Lipinski definition) is 6. The van der Waals surface area contributed by atoms with E-state index >= 15 is 0 Å². The molecule has 0 atom stereocenters. The molecule has 28 heavy (non-hydrogen) atoms. The molecule has 2 N–H and O–H groups in total. The third-order valence-electron chi connectivity index (χ3n) is 4.68. The minimum absolute atomic E-state index is 0.202. The molecule has 1 aromatic carbocycles. The summed E-state index contributed by atoms with van der Waals surface area (Å²) in [5, 5.41) is 6.16. The summed E-state index contributed by atoms with van der Waals surface area (Å²) in [4.78, 5) is 23.6. The normalized spacial score (nSPS) is 14.0. The summed E-state index contributed by atoms with van der Waals surface area (Å²) in [6.07, 6.45) is 6.54. The number of aromatic nitrogens is 2. The number of carbonyl (C=O) groups is 1. The Bertz CT molecular complexity index is 932. The molecule has 7 heteroatoms. The lowest BCUT2D eigenvalue weighted by atomic mass is 10.1. The highest BCUT2D eigenvalue weighted by Crippen LogP contribution is 2.22. The predicted molar refractivity (Wildman–Crippen MR) is 109 cm³/mol. The number of furan rings is 1. The Hall–Kier alpha value is -3.35. The zero-order valence-corrected chi connectivity index (χ0v) is 15.8. The van der Waals surface area contributed by atoms with Crippen molar-refractivity contribution in [2.45, 2.75) is 26.2 Å². The summed E-state index contributed by atoms with van der Waals surface area (Å²) in [6.45, 7) is 4.00. The lowest BCUT2D eigenvalue weighted by molar-refractivity contribution is 0.102. The fraction of sp³-hybridized carbons (Fsp3) is 0.286. The third kappa shape index (κ3) is 4.31. The Morgan fingerprint density at radius 2 is 1.79 bits per heavy atom. The first-order chi connectivity index (χ1) is 13.7. The molecule has 0 aliphatic carbocycles. The van der Waals surface area contributed by atoms with Gasteiger partial charge in [0.1, 0.15) is 12.1 Å². The molecule has 0 unspecified atom stereocenters. The Balaban J connectivity index is 1.44. The molecule has 2 aromatic heterocycles. The van der Waals surface area contributed by atoms with Crippen LogP contribution in [-0.4, -0.2) is 29.0 Å². The van der Waals surface area contributed by atoms with Crippen LogP contribution >= 0.6 is 0 Å². The molecule has 1 aliphatic heterocycles.